The van der Waals surface area contributed by atoms with Crippen LogP contribution in [0.3, 0.4) is 0 Å². The maximum absolute atomic E-state index is 12.8. The summed E-state index contributed by atoms with van der Waals surface area (Å²) >= 11 is 6.30. The van der Waals surface area contributed by atoms with Gasteiger partial charge in [0, 0.05) is 12.7 Å². The largest absolute Gasteiger partial charge is 0.355 e. The lowest BCUT2D eigenvalue weighted by molar-refractivity contribution is 0.0964. The summed E-state index contributed by atoms with van der Waals surface area (Å²) in [4.78, 5) is 21.0. The van der Waals surface area contributed by atoms with Gasteiger partial charge in [-0.25, -0.2) is 13.4 Å². The van der Waals surface area contributed by atoms with Crippen LogP contribution in [-0.2, 0) is 10.0 Å². The van der Waals surface area contributed by atoms with E-state index in [0.29, 0.717) is 34.0 Å². The Kier molecular flexibility index (Phi) is 7.61. The molecular weight excluding hydrogens is 512 g/mol. The molecule has 0 radical (unpaired) electrons. The molecule has 4 aromatic rings. The lowest BCUT2D eigenvalue weighted by atomic mass is 10.1. The van der Waals surface area contributed by atoms with Crippen molar-refractivity contribution < 1.29 is 13.2 Å². The average molecular weight is 537 g/mol. The lowest BCUT2D eigenvalue weighted by Crippen LogP contribution is -2.19. The van der Waals surface area contributed by atoms with E-state index in [2.05, 4.69) is 30.6 Å². The second-order valence-electron chi connectivity index (χ2n) is 8.21. The van der Waals surface area contributed by atoms with Gasteiger partial charge in [0.25, 0.3) is 15.9 Å². The van der Waals surface area contributed by atoms with Crippen molar-refractivity contribution in [2.45, 2.75) is 18.7 Å². The number of halogens is 1. The summed E-state index contributed by atoms with van der Waals surface area (Å²) in [7, 11) is -2.17. The Bertz CT molecular complexity index is 1560. The molecule has 4 N–H and O–H groups in total. The first-order chi connectivity index (χ1) is 17.7. The van der Waals surface area contributed by atoms with Gasteiger partial charge in [0.15, 0.2) is 5.82 Å². The number of hydrogen-bond donors (Lipinski definition) is 4. The molecule has 37 heavy (non-hydrogen) atoms. The minimum Gasteiger partial charge on any atom is -0.355 e. The first kappa shape index (κ1) is 25.9. The van der Waals surface area contributed by atoms with Crippen molar-refractivity contribution in [1.82, 2.24) is 15.3 Å². The third-order valence-corrected chi connectivity index (χ3v) is 7.11. The summed E-state index contributed by atoms with van der Waals surface area (Å²) in [6, 6.07) is 18.8. The highest BCUT2D eigenvalue weighted by Crippen LogP contribution is 2.28. The molecule has 0 aliphatic rings. The molecule has 3 aromatic carbocycles. The van der Waals surface area contributed by atoms with Crippen molar-refractivity contribution in [2.24, 2.45) is 0 Å². The van der Waals surface area contributed by atoms with Gasteiger partial charge in [-0.2, -0.15) is 4.98 Å². The van der Waals surface area contributed by atoms with E-state index in [4.69, 9.17) is 11.6 Å². The van der Waals surface area contributed by atoms with Crippen LogP contribution in [-0.4, -0.2) is 31.3 Å². The van der Waals surface area contributed by atoms with Gasteiger partial charge >= 0.3 is 0 Å². The minimum atomic E-state index is -3.72. The van der Waals surface area contributed by atoms with Crippen LogP contribution in [0, 0.1) is 13.8 Å². The Morgan fingerprint density at radius 1 is 0.919 bits per heavy atom. The first-order valence-corrected chi connectivity index (χ1v) is 13.1. The molecular formula is C26H25ClN6O3S. The molecule has 0 spiro atoms. The number of sulfonamides is 1. The van der Waals surface area contributed by atoms with Gasteiger partial charge in [0.2, 0.25) is 5.95 Å². The van der Waals surface area contributed by atoms with Gasteiger partial charge in [-0.3, -0.25) is 9.52 Å². The third kappa shape index (κ3) is 6.16. The molecule has 0 fully saturated rings. The zero-order valence-corrected chi connectivity index (χ0v) is 21.9. The van der Waals surface area contributed by atoms with E-state index >= 15 is 0 Å². The average Bonchev–Trinajstić information content (AvgIpc) is 2.88. The van der Waals surface area contributed by atoms with Gasteiger partial charge in [0.1, 0.15) is 5.02 Å². The maximum Gasteiger partial charge on any atom is 0.261 e. The summed E-state index contributed by atoms with van der Waals surface area (Å²) in [6.07, 6.45) is 1.44. The molecule has 1 amide bonds. The van der Waals surface area contributed by atoms with E-state index < -0.39 is 10.0 Å². The third-order valence-electron chi connectivity index (χ3n) is 5.45. The number of nitrogens with zero attached hydrogens (tertiary/aromatic N) is 2. The number of anilines is 5. The Hall–Kier alpha value is -4.15. The smallest absolute Gasteiger partial charge is 0.261 e. The number of rotatable bonds is 8. The van der Waals surface area contributed by atoms with Crippen molar-refractivity contribution in [2.75, 3.05) is 22.4 Å². The molecule has 11 heteroatoms. The molecule has 9 nitrogen and oxygen atoms in total. The van der Waals surface area contributed by atoms with Crippen LogP contribution >= 0.6 is 11.6 Å². The Morgan fingerprint density at radius 3 is 2.35 bits per heavy atom. The fraction of sp³-hybridized carbons (Fsp3) is 0.115. The SMILES string of the molecule is CNC(=O)c1ccccc1Nc1nc(Nc2ccc(NS(=O)(=O)c3ccc(C)cc3)c(C)c2)ncc1Cl. The number of aryl methyl sites for hydroxylation is 2. The number of benzene rings is 3. The van der Waals surface area contributed by atoms with Crippen molar-refractivity contribution in [3.8, 4) is 0 Å². The lowest BCUT2D eigenvalue weighted by Gasteiger charge is -2.14. The molecule has 0 bridgehead atoms. The minimum absolute atomic E-state index is 0.187. The standard InChI is InChI=1S/C26H25ClN6O3S/c1-16-8-11-19(12-9-16)37(35,36)33-22-13-10-18(14-17(22)2)30-26-29-15-21(27)24(32-26)31-23-7-5-4-6-20(23)25(34)28-3/h4-15,33H,1-3H3,(H,28,34)(H2,29,30,31,32). The number of para-hydroxylation sites is 1. The number of hydrogen-bond acceptors (Lipinski definition) is 7. The molecule has 0 saturated heterocycles. The zero-order chi connectivity index (χ0) is 26.6. The van der Waals surface area contributed by atoms with Crippen LogP contribution in [0.15, 0.2) is 77.8 Å². The van der Waals surface area contributed by atoms with Gasteiger partial charge in [-0.1, -0.05) is 41.4 Å². The van der Waals surface area contributed by atoms with Gasteiger partial charge in [-0.15, -0.1) is 0 Å². The van der Waals surface area contributed by atoms with E-state index in [1.165, 1.54) is 6.20 Å². The fourth-order valence-electron chi connectivity index (χ4n) is 3.47. The number of carbonyl (C=O) groups excluding carboxylic acids is 1. The Labute approximate surface area is 220 Å². The van der Waals surface area contributed by atoms with Crippen LogP contribution in [0.5, 0.6) is 0 Å². The second kappa shape index (κ2) is 10.9. The van der Waals surface area contributed by atoms with Crippen LogP contribution < -0.4 is 20.7 Å². The normalized spacial score (nSPS) is 11.0. The molecule has 1 aromatic heterocycles. The van der Waals surface area contributed by atoms with Gasteiger partial charge in [-0.05, 0) is 61.9 Å². The first-order valence-electron chi connectivity index (χ1n) is 11.2. The topological polar surface area (TPSA) is 125 Å². The maximum atomic E-state index is 12.8. The summed E-state index contributed by atoms with van der Waals surface area (Å²) in [5.74, 6) is 0.326. The van der Waals surface area contributed by atoms with Crippen molar-refractivity contribution in [1.29, 1.82) is 0 Å². The monoisotopic (exact) mass is 536 g/mol. The second-order valence-corrected chi connectivity index (χ2v) is 10.3. The van der Waals surface area contributed by atoms with E-state index in [0.717, 1.165) is 5.56 Å². The fourth-order valence-corrected chi connectivity index (χ4v) is 4.74. The molecule has 0 aliphatic carbocycles. The molecule has 190 valence electrons. The molecule has 4 rings (SSSR count). The summed E-state index contributed by atoms with van der Waals surface area (Å²) < 4.78 is 28.1. The summed E-state index contributed by atoms with van der Waals surface area (Å²) in [5.41, 5.74) is 3.76. The van der Waals surface area contributed by atoms with E-state index in [-0.39, 0.29) is 21.8 Å². The van der Waals surface area contributed by atoms with Gasteiger partial charge < -0.3 is 16.0 Å². The van der Waals surface area contributed by atoms with Crippen molar-refractivity contribution >= 4 is 56.4 Å². The number of amides is 1. The predicted octanol–water partition coefficient (Wildman–Crippen LogP) is 5.39. The highest BCUT2D eigenvalue weighted by atomic mass is 35.5. The molecule has 1 heterocycles. The highest BCUT2D eigenvalue weighted by Gasteiger charge is 2.16. The molecule has 0 saturated carbocycles. The Morgan fingerprint density at radius 2 is 1.65 bits per heavy atom. The highest BCUT2D eigenvalue weighted by molar-refractivity contribution is 7.92. The van der Waals surface area contributed by atoms with Crippen molar-refractivity contribution in [3.63, 3.8) is 0 Å². The predicted molar refractivity (Wildman–Crippen MR) is 147 cm³/mol. The Balaban J connectivity index is 1.52. The quantitative estimate of drug-likeness (QED) is 0.238. The van der Waals surface area contributed by atoms with Crippen LogP contribution in [0.4, 0.5) is 28.8 Å². The van der Waals surface area contributed by atoms with Crippen molar-refractivity contribution in [3.05, 3.63) is 94.6 Å². The van der Waals surface area contributed by atoms with E-state index in [9.17, 15) is 13.2 Å². The summed E-state index contributed by atoms with van der Waals surface area (Å²) in [5, 5.41) is 9.06. The molecule has 0 aliphatic heterocycles. The van der Waals surface area contributed by atoms with Crippen LogP contribution in [0.1, 0.15) is 21.5 Å². The number of aromatic nitrogens is 2. The zero-order valence-electron chi connectivity index (χ0n) is 20.3. The summed E-state index contributed by atoms with van der Waals surface area (Å²) in [6.45, 7) is 3.69. The number of nitrogens with one attached hydrogen (secondary N) is 4. The van der Waals surface area contributed by atoms with E-state index in [1.807, 2.05) is 6.92 Å². The van der Waals surface area contributed by atoms with Gasteiger partial charge in [0.05, 0.1) is 28.0 Å². The molecule has 0 atom stereocenters. The van der Waals surface area contributed by atoms with Crippen LogP contribution in [0.25, 0.3) is 0 Å². The molecule has 0 unspecified atom stereocenters. The number of carbonyl (C=O) groups is 1. The van der Waals surface area contributed by atoms with E-state index in [1.54, 1.807) is 80.7 Å². The van der Waals surface area contributed by atoms with Crippen LogP contribution in [0.2, 0.25) is 5.02 Å².